The lowest BCUT2D eigenvalue weighted by Crippen LogP contribution is -2.49. The highest BCUT2D eigenvalue weighted by atomic mass is 127. The highest BCUT2D eigenvalue weighted by molar-refractivity contribution is 14.0. The Morgan fingerprint density at radius 2 is 2.00 bits per heavy atom. The van der Waals surface area contributed by atoms with E-state index in [0.717, 1.165) is 37.3 Å². The first-order chi connectivity index (χ1) is 11.9. The second-order valence-electron chi connectivity index (χ2n) is 6.23. The fraction of sp³-hybridized carbons (Fsp3) is 0.647. The van der Waals surface area contributed by atoms with Crippen LogP contribution in [0.15, 0.2) is 23.3 Å². The molecule has 2 N–H and O–H groups in total. The number of hydrogen-bond donors (Lipinski definition) is 2. The number of nitrogens with one attached hydrogen (secondary N) is 2. The molecule has 0 atom stereocenters. The van der Waals surface area contributed by atoms with Crippen molar-refractivity contribution in [3.8, 4) is 0 Å². The maximum Gasteiger partial charge on any atom is 0.390 e. The van der Waals surface area contributed by atoms with Gasteiger partial charge in [0.1, 0.15) is 5.82 Å². The maximum atomic E-state index is 12.3. The molecular weight excluding hydrogens is 458 g/mol. The van der Waals surface area contributed by atoms with Crippen LogP contribution in [0.1, 0.15) is 31.7 Å². The van der Waals surface area contributed by atoms with Gasteiger partial charge in [-0.25, -0.2) is 4.98 Å². The number of nitrogens with zero attached hydrogens (tertiary/aromatic N) is 3. The fourth-order valence-electron chi connectivity index (χ4n) is 2.71. The molecule has 9 heteroatoms. The first-order valence-corrected chi connectivity index (χ1v) is 8.66. The Morgan fingerprint density at radius 3 is 2.54 bits per heavy atom. The van der Waals surface area contributed by atoms with Crippen LogP contribution in [0.5, 0.6) is 0 Å². The van der Waals surface area contributed by atoms with Gasteiger partial charge in [-0.3, -0.25) is 4.99 Å². The van der Waals surface area contributed by atoms with Crippen molar-refractivity contribution in [2.24, 2.45) is 4.99 Å². The molecule has 0 aromatic carbocycles. The lowest BCUT2D eigenvalue weighted by Gasteiger charge is -2.33. The summed E-state index contributed by atoms with van der Waals surface area (Å²) in [6.45, 7) is 5.97. The van der Waals surface area contributed by atoms with Gasteiger partial charge in [-0.15, -0.1) is 24.0 Å². The van der Waals surface area contributed by atoms with Gasteiger partial charge < -0.3 is 15.5 Å². The molecule has 1 aromatic heterocycles. The minimum atomic E-state index is -4.17. The lowest BCUT2D eigenvalue weighted by atomic mass is 10.1. The Labute approximate surface area is 169 Å². The third-order valence-corrected chi connectivity index (χ3v) is 4.06. The van der Waals surface area contributed by atoms with Crippen LogP contribution in [0.2, 0.25) is 0 Å². The molecule has 1 saturated heterocycles. The topological polar surface area (TPSA) is 52.6 Å². The molecule has 2 heterocycles. The molecule has 0 spiro atoms. The first-order valence-electron chi connectivity index (χ1n) is 8.66. The van der Waals surface area contributed by atoms with Crippen LogP contribution in [0, 0.1) is 6.92 Å². The largest absolute Gasteiger partial charge is 0.390 e. The molecule has 148 valence electrons. The minimum absolute atomic E-state index is 0. The number of rotatable bonds is 5. The van der Waals surface area contributed by atoms with Crippen molar-refractivity contribution in [1.82, 2.24) is 15.6 Å². The molecule has 0 amide bonds. The summed E-state index contributed by atoms with van der Waals surface area (Å²) >= 11 is 0. The zero-order chi connectivity index (χ0) is 18.3. The van der Waals surface area contributed by atoms with Crippen LogP contribution in [0.4, 0.5) is 19.0 Å². The standard InChI is InChI=1S/C17H26F3N5.HI/c1-3-21-16(22-9-8-17(18,19)20)24-14-6-10-25(11-7-14)15-5-4-13(2)12-23-15;/h4-5,12,14H,3,6-11H2,1-2H3,(H2,21,22,24);1H. The maximum absolute atomic E-state index is 12.3. The van der Waals surface area contributed by atoms with Crippen molar-refractivity contribution in [1.29, 1.82) is 0 Å². The summed E-state index contributed by atoms with van der Waals surface area (Å²) in [6, 6.07) is 4.26. The third-order valence-electron chi connectivity index (χ3n) is 4.06. The van der Waals surface area contributed by atoms with Gasteiger partial charge in [0.2, 0.25) is 0 Å². The van der Waals surface area contributed by atoms with Gasteiger partial charge >= 0.3 is 6.18 Å². The number of hydrogen-bond acceptors (Lipinski definition) is 3. The molecule has 1 aliphatic heterocycles. The number of alkyl halides is 3. The van der Waals surface area contributed by atoms with Crippen molar-refractivity contribution >= 4 is 35.8 Å². The summed E-state index contributed by atoms with van der Waals surface area (Å²) in [6.07, 6.45) is -1.44. The van der Waals surface area contributed by atoms with E-state index in [1.54, 1.807) is 0 Å². The number of guanidine groups is 1. The molecule has 0 radical (unpaired) electrons. The summed E-state index contributed by atoms with van der Waals surface area (Å²) < 4.78 is 36.8. The van der Waals surface area contributed by atoms with Gasteiger partial charge in [-0.1, -0.05) is 6.07 Å². The van der Waals surface area contributed by atoms with Crippen molar-refractivity contribution in [3.05, 3.63) is 23.9 Å². The van der Waals surface area contributed by atoms with E-state index in [0.29, 0.717) is 12.5 Å². The molecule has 0 aliphatic carbocycles. The van der Waals surface area contributed by atoms with Crippen molar-refractivity contribution < 1.29 is 13.2 Å². The molecule has 1 aliphatic rings. The number of pyridine rings is 1. The molecule has 0 saturated carbocycles. The summed E-state index contributed by atoms with van der Waals surface area (Å²) in [5.74, 6) is 1.42. The Morgan fingerprint density at radius 1 is 1.31 bits per heavy atom. The van der Waals surface area contributed by atoms with Crippen molar-refractivity contribution in [2.75, 3.05) is 31.1 Å². The molecule has 26 heavy (non-hydrogen) atoms. The second kappa shape index (κ2) is 10.8. The summed E-state index contributed by atoms with van der Waals surface area (Å²) in [5.41, 5.74) is 1.13. The van der Waals surface area contributed by atoms with Gasteiger partial charge in [-0.2, -0.15) is 13.2 Å². The van der Waals surface area contributed by atoms with Crippen molar-refractivity contribution in [2.45, 2.75) is 45.3 Å². The Hall–Kier alpha value is -1.26. The van der Waals surface area contributed by atoms with Gasteiger partial charge in [0.25, 0.3) is 0 Å². The quantitative estimate of drug-likeness (QED) is 0.381. The van der Waals surface area contributed by atoms with Crippen LogP contribution in [0.25, 0.3) is 0 Å². The predicted molar refractivity (Wildman–Crippen MR) is 109 cm³/mol. The molecule has 0 bridgehead atoms. The average molecular weight is 485 g/mol. The van der Waals surface area contributed by atoms with Gasteiger partial charge in [0.05, 0.1) is 13.0 Å². The number of anilines is 1. The predicted octanol–water partition coefficient (Wildman–Crippen LogP) is 3.48. The van der Waals surface area contributed by atoms with Crippen LogP contribution in [-0.2, 0) is 0 Å². The van der Waals surface area contributed by atoms with E-state index in [1.807, 2.05) is 32.2 Å². The summed E-state index contributed by atoms with van der Waals surface area (Å²) in [5, 5.41) is 6.26. The van der Waals surface area contributed by atoms with Crippen LogP contribution >= 0.6 is 24.0 Å². The summed E-state index contributed by atoms with van der Waals surface area (Å²) in [4.78, 5) is 10.7. The highest BCUT2D eigenvalue weighted by Gasteiger charge is 2.26. The van der Waals surface area contributed by atoms with Gasteiger partial charge in [0, 0.05) is 31.9 Å². The van der Waals surface area contributed by atoms with Crippen LogP contribution in [-0.4, -0.2) is 49.3 Å². The molecule has 5 nitrogen and oxygen atoms in total. The molecule has 1 fully saturated rings. The number of aliphatic imine (C=N–C) groups is 1. The number of halogens is 4. The Bertz CT molecular complexity index is 555. The van der Waals surface area contributed by atoms with E-state index >= 15 is 0 Å². The smallest absolute Gasteiger partial charge is 0.357 e. The normalized spacial score (nSPS) is 16.2. The lowest BCUT2D eigenvalue weighted by molar-refractivity contribution is -0.132. The number of piperidine rings is 1. The first kappa shape index (κ1) is 22.8. The van der Waals surface area contributed by atoms with Crippen LogP contribution in [0.3, 0.4) is 0 Å². The van der Waals surface area contributed by atoms with Gasteiger partial charge in [-0.05, 0) is 38.3 Å². The van der Waals surface area contributed by atoms with Crippen LogP contribution < -0.4 is 15.5 Å². The molecule has 1 aromatic rings. The highest BCUT2D eigenvalue weighted by Crippen LogP contribution is 2.19. The zero-order valence-electron chi connectivity index (χ0n) is 15.1. The van der Waals surface area contributed by atoms with E-state index < -0.39 is 12.6 Å². The third kappa shape index (κ3) is 7.96. The van der Waals surface area contributed by atoms with E-state index in [4.69, 9.17) is 0 Å². The minimum Gasteiger partial charge on any atom is -0.357 e. The molecule has 0 unspecified atom stereocenters. The molecular formula is C17H27F3IN5. The Kier molecular flexibility index (Phi) is 9.45. The second-order valence-corrected chi connectivity index (χ2v) is 6.23. The van der Waals surface area contributed by atoms with E-state index in [2.05, 4.69) is 25.5 Å². The fourth-order valence-corrected chi connectivity index (χ4v) is 2.71. The average Bonchev–Trinajstić information content (AvgIpc) is 2.55. The van der Waals surface area contributed by atoms with E-state index in [-0.39, 0.29) is 36.6 Å². The monoisotopic (exact) mass is 485 g/mol. The summed E-state index contributed by atoms with van der Waals surface area (Å²) in [7, 11) is 0. The van der Waals surface area contributed by atoms with E-state index in [9.17, 15) is 13.2 Å². The van der Waals surface area contributed by atoms with Gasteiger partial charge in [0.15, 0.2) is 5.96 Å². The number of aryl methyl sites for hydroxylation is 1. The SMILES string of the molecule is CCNC(=NCCC(F)(F)F)NC1CCN(c2ccc(C)cn2)CC1.I. The van der Waals surface area contributed by atoms with E-state index in [1.165, 1.54) is 0 Å². The van der Waals surface area contributed by atoms with Crippen molar-refractivity contribution in [3.63, 3.8) is 0 Å². The number of aromatic nitrogens is 1. The zero-order valence-corrected chi connectivity index (χ0v) is 17.5. The molecule has 2 rings (SSSR count). The Balaban J connectivity index is 0.00000338.